The first kappa shape index (κ1) is 72.3. The second-order valence-corrected chi connectivity index (χ2v) is 32.0. The largest absolute Gasteiger partial charge is 0.0622 e. The Labute approximate surface area is 674 Å². The average molecular weight is 1460 g/mol. The molecule has 0 unspecified atom stereocenters. The summed E-state index contributed by atoms with van der Waals surface area (Å²) in [5.74, 6) is 0. The van der Waals surface area contributed by atoms with Gasteiger partial charge in [0, 0.05) is 10.8 Å². The Bertz CT molecular complexity index is 6360. The van der Waals surface area contributed by atoms with Gasteiger partial charge in [-0.1, -0.05) is 383 Å². The van der Waals surface area contributed by atoms with E-state index in [1.165, 1.54) is 206 Å². The Morgan fingerprint density at radius 3 is 1.05 bits per heavy atom. The van der Waals surface area contributed by atoms with Crippen LogP contribution in [0.2, 0.25) is 0 Å². The van der Waals surface area contributed by atoms with Gasteiger partial charge in [-0.25, -0.2) is 0 Å². The fraction of sp³-hybridized carbons (Fsp3) is 0.105. The van der Waals surface area contributed by atoms with E-state index < -0.39 is 0 Å². The Kier molecular flexibility index (Phi) is 19.5. The van der Waals surface area contributed by atoms with Crippen molar-refractivity contribution in [3.8, 4) is 122 Å². The smallest absolute Gasteiger partial charge is 0.0435 e. The van der Waals surface area contributed by atoms with Crippen LogP contribution in [-0.4, -0.2) is 0 Å². The number of fused-ring (bicyclic) bond motifs is 15. The molecule has 548 valence electrons. The second-order valence-electron chi connectivity index (χ2n) is 32.0. The van der Waals surface area contributed by atoms with Gasteiger partial charge < -0.3 is 0 Å². The van der Waals surface area contributed by atoms with Crippen LogP contribution in [0, 0.1) is 27.7 Å². The van der Waals surface area contributed by atoms with Crippen LogP contribution in [0.15, 0.2) is 394 Å². The molecule has 0 fully saturated rings. The number of aryl methyl sites for hydroxylation is 4. The molecule has 0 radical (unpaired) electrons. The third-order valence-corrected chi connectivity index (χ3v) is 24.7. The Morgan fingerprint density at radius 1 is 0.184 bits per heavy atom. The summed E-state index contributed by atoms with van der Waals surface area (Å²) in [6.45, 7) is 15.9. The van der Waals surface area contributed by atoms with Crippen LogP contribution < -0.4 is 0 Å². The third kappa shape index (κ3) is 13.6. The lowest BCUT2D eigenvalue weighted by Gasteiger charge is -2.28. The molecular weight excluding hydrogens is 1370 g/mol. The van der Waals surface area contributed by atoms with E-state index in [0.717, 1.165) is 19.3 Å². The van der Waals surface area contributed by atoms with Gasteiger partial charge in [-0.15, -0.1) is 0 Å². The maximum Gasteiger partial charge on any atom is 0.0435 e. The molecule has 0 bridgehead atoms. The maximum atomic E-state index is 2.40. The molecule has 0 saturated heterocycles. The van der Waals surface area contributed by atoms with E-state index in [-0.39, 0.29) is 10.8 Å². The van der Waals surface area contributed by atoms with E-state index >= 15 is 0 Å². The van der Waals surface area contributed by atoms with Gasteiger partial charge in [0.2, 0.25) is 0 Å². The molecule has 0 aliphatic heterocycles. The highest BCUT2D eigenvalue weighted by Crippen LogP contribution is 2.54. The fourth-order valence-electron chi connectivity index (χ4n) is 18.8. The number of hydrogen-bond acceptors (Lipinski definition) is 0. The lowest BCUT2D eigenvalue weighted by Crippen LogP contribution is -2.22. The highest BCUT2D eigenvalue weighted by molar-refractivity contribution is 5.93. The summed E-state index contributed by atoms with van der Waals surface area (Å²) in [4.78, 5) is 0. The summed E-state index contributed by atoms with van der Waals surface area (Å²) < 4.78 is 0. The molecule has 0 spiro atoms. The lowest BCUT2D eigenvalue weighted by molar-refractivity contribution is 0.660. The van der Waals surface area contributed by atoms with Crippen molar-refractivity contribution in [3.63, 3.8) is 0 Å². The van der Waals surface area contributed by atoms with E-state index in [2.05, 4.69) is 443 Å². The minimum absolute atomic E-state index is 0.0472. The number of rotatable bonds is 7. The van der Waals surface area contributed by atoms with Gasteiger partial charge in [-0.2, -0.15) is 0 Å². The molecule has 5 aliphatic carbocycles. The topological polar surface area (TPSA) is 0 Å². The Hall–Kier alpha value is -13.3. The molecule has 17 aromatic rings. The summed E-state index contributed by atoms with van der Waals surface area (Å²) in [6, 6.07) is 143. The summed E-state index contributed by atoms with van der Waals surface area (Å²) >= 11 is 0. The average Bonchev–Trinajstić information content (AvgIpc) is 1.57. The normalized spacial score (nSPS) is 12.9. The fourth-order valence-corrected chi connectivity index (χ4v) is 18.8. The predicted octanol–water partition coefficient (Wildman–Crippen LogP) is 30.0. The van der Waals surface area contributed by atoms with Gasteiger partial charge in [-0.3, -0.25) is 0 Å². The van der Waals surface area contributed by atoms with Crippen LogP contribution in [0.4, 0.5) is 0 Å². The van der Waals surface area contributed by atoms with E-state index in [1.807, 2.05) is 0 Å². The monoisotopic (exact) mass is 1460 g/mol. The zero-order valence-corrected chi connectivity index (χ0v) is 66.1. The molecule has 114 heavy (non-hydrogen) atoms. The molecule has 0 amide bonds. The molecule has 5 aliphatic rings. The van der Waals surface area contributed by atoms with E-state index in [9.17, 15) is 0 Å². The van der Waals surface area contributed by atoms with Gasteiger partial charge in [0.25, 0.3) is 0 Å². The zero-order chi connectivity index (χ0) is 77.4. The van der Waals surface area contributed by atoms with Crippen LogP contribution in [-0.2, 0) is 30.1 Å². The zero-order valence-electron chi connectivity index (χ0n) is 66.1. The van der Waals surface area contributed by atoms with Crippen LogP contribution in [0.5, 0.6) is 0 Å². The molecule has 17 aromatic carbocycles. The molecule has 0 saturated carbocycles. The van der Waals surface area contributed by atoms with Gasteiger partial charge in [0.05, 0.1) is 0 Å². The number of benzene rings is 17. The quantitative estimate of drug-likeness (QED) is 0.149. The minimum Gasteiger partial charge on any atom is -0.0622 e. The predicted molar refractivity (Wildman–Crippen MR) is 483 cm³/mol. The van der Waals surface area contributed by atoms with Crippen LogP contribution in [0.3, 0.4) is 0 Å². The molecular formula is C114H92. The Balaban J connectivity index is 0.000000101. The lowest BCUT2D eigenvalue weighted by atomic mass is 9.74. The van der Waals surface area contributed by atoms with Crippen molar-refractivity contribution in [2.45, 2.75) is 78.6 Å². The van der Waals surface area contributed by atoms with Crippen LogP contribution >= 0.6 is 0 Å². The first-order valence-electron chi connectivity index (χ1n) is 40.4. The third-order valence-electron chi connectivity index (χ3n) is 24.7. The van der Waals surface area contributed by atoms with E-state index in [1.54, 1.807) is 0 Å². The van der Waals surface area contributed by atoms with Crippen molar-refractivity contribution in [2.24, 2.45) is 0 Å². The maximum absolute atomic E-state index is 2.40. The molecule has 0 atom stereocenters. The summed E-state index contributed by atoms with van der Waals surface area (Å²) in [5, 5.41) is 0. The van der Waals surface area contributed by atoms with Crippen molar-refractivity contribution < 1.29 is 0 Å². The highest BCUT2D eigenvalue weighted by Gasteiger charge is 2.40. The van der Waals surface area contributed by atoms with Gasteiger partial charge >= 0.3 is 0 Å². The number of hydrogen-bond donors (Lipinski definition) is 0. The molecule has 0 aromatic heterocycles. The van der Waals surface area contributed by atoms with Gasteiger partial charge in [0.1, 0.15) is 0 Å². The van der Waals surface area contributed by atoms with E-state index in [4.69, 9.17) is 0 Å². The molecule has 0 nitrogen and oxygen atoms in total. The second kappa shape index (κ2) is 30.8. The first-order valence-corrected chi connectivity index (χ1v) is 40.4. The van der Waals surface area contributed by atoms with Crippen molar-refractivity contribution in [1.29, 1.82) is 0 Å². The van der Waals surface area contributed by atoms with Crippen molar-refractivity contribution in [3.05, 3.63) is 478 Å². The molecule has 0 heteroatoms. The highest BCUT2D eigenvalue weighted by atomic mass is 14.4. The van der Waals surface area contributed by atoms with Crippen molar-refractivity contribution >= 4 is 0 Å². The van der Waals surface area contributed by atoms with Crippen molar-refractivity contribution in [1.82, 2.24) is 0 Å². The SMILES string of the molecule is CC1(c2ccccc2)c2ccccc2-c2ccccc21.Cc1cc(-c2ccccc2)cc2c1Cc1c(-c3ccccc3)cc(-c3ccccc3)cc1-2.Cc1cc(-c2ccccc2)cc2c1Cc1ccc(-c3ccccc3)cc1-2.Cc1ccc2c(c1)C(C)(C)c1ccccc1-2.Cc1cccc2c1Cc1c(-c3ccccc3)cccc1-2. The van der Waals surface area contributed by atoms with E-state index in [0.29, 0.717) is 0 Å². The first-order chi connectivity index (χ1) is 55.8. The summed E-state index contributed by atoms with van der Waals surface area (Å²) in [5.41, 5.74) is 51.0. The van der Waals surface area contributed by atoms with Crippen LogP contribution in [0.1, 0.15) is 104 Å². The van der Waals surface area contributed by atoms with Gasteiger partial charge in [-0.05, 0) is 284 Å². The standard InChI is InChI=1S/C32H24.C26H20.2C20H16.C16H16/c1-22-17-26(23-11-5-2-6-12-23)19-30-28(22)21-32-29(25-15-9-4-10-16-25)18-27(20-31(30)32)24-13-7-3-8-14-24;1-18-14-23(20-10-6-3-7-11-20)17-26-24(18)16-22-13-12-21(15-25(22)26)19-8-4-2-5-9-19;1-20(15-9-3-2-4-10-15)18-13-7-5-11-16(18)17-12-6-8-14-19(17)20;1-14-7-5-11-17-18-12-6-10-16(20(18)13-19(14)17)15-8-3-2-4-9-15;1-11-8-9-13-12-6-4-5-7-14(12)16(2,3)15(13)10-11/h2-20H,21H2,1H3;2-15,17H,16H2,1H3;2-14H,1H3;2-12H,13H2,1H3;4-10H,1-3H3. The Morgan fingerprint density at radius 2 is 0.526 bits per heavy atom. The molecule has 22 rings (SSSR count). The van der Waals surface area contributed by atoms with Crippen molar-refractivity contribution in [2.75, 3.05) is 0 Å². The summed E-state index contributed by atoms with van der Waals surface area (Å²) in [6.07, 6.45) is 3.09. The molecule has 0 heterocycles. The molecule has 0 N–H and O–H groups in total. The summed E-state index contributed by atoms with van der Waals surface area (Å²) in [7, 11) is 0. The minimum atomic E-state index is -0.0472. The van der Waals surface area contributed by atoms with Crippen LogP contribution in [0.25, 0.3) is 122 Å². The van der Waals surface area contributed by atoms with Gasteiger partial charge in [0.15, 0.2) is 0 Å².